The van der Waals surface area contributed by atoms with Crippen LogP contribution in [-0.4, -0.2) is 47.1 Å². The molecular weight excluding hydrogens is 384 g/mol. The lowest BCUT2D eigenvalue weighted by atomic mass is 10.0. The van der Waals surface area contributed by atoms with Crippen LogP contribution in [-0.2, 0) is 25.7 Å². The molecule has 0 bridgehead atoms. The van der Waals surface area contributed by atoms with E-state index in [1.54, 1.807) is 20.8 Å². The molecule has 2 rings (SSSR count). The highest BCUT2D eigenvalue weighted by atomic mass is 16.6. The second-order valence-corrected chi connectivity index (χ2v) is 9.12. The van der Waals surface area contributed by atoms with Crippen LogP contribution < -0.4 is 5.32 Å². The molecule has 0 aliphatic carbocycles. The Balaban J connectivity index is 2.01. The Hall–Kier alpha value is -2.57. The van der Waals surface area contributed by atoms with Crippen molar-refractivity contribution in [2.75, 3.05) is 6.54 Å². The first-order valence-corrected chi connectivity index (χ1v) is 10.6. The van der Waals surface area contributed by atoms with Gasteiger partial charge >= 0.3 is 12.1 Å². The van der Waals surface area contributed by atoms with Gasteiger partial charge in [-0.05, 0) is 51.5 Å². The molecular formula is C23H34N2O5. The highest BCUT2D eigenvalue weighted by Crippen LogP contribution is 2.21. The Bertz CT molecular complexity index is 727. The lowest BCUT2D eigenvalue weighted by molar-refractivity contribution is -0.150. The third kappa shape index (κ3) is 7.35. The molecule has 1 heterocycles. The molecule has 30 heavy (non-hydrogen) atoms. The summed E-state index contributed by atoms with van der Waals surface area (Å²) in [6.45, 7) is 9.93. The van der Waals surface area contributed by atoms with E-state index in [4.69, 9.17) is 9.47 Å². The molecule has 0 radical (unpaired) electrons. The molecule has 0 aromatic heterocycles. The summed E-state index contributed by atoms with van der Waals surface area (Å²) in [6, 6.07) is 7.99. The van der Waals surface area contributed by atoms with Crippen molar-refractivity contribution in [1.29, 1.82) is 0 Å². The van der Waals surface area contributed by atoms with Crippen LogP contribution >= 0.6 is 0 Å². The topological polar surface area (TPSA) is 84.9 Å². The fourth-order valence-corrected chi connectivity index (χ4v) is 3.36. The van der Waals surface area contributed by atoms with Gasteiger partial charge in [0.15, 0.2) is 0 Å². The van der Waals surface area contributed by atoms with E-state index in [1.165, 1.54) is 4.90 Å². The summed E-state index contributed by atoms with van der Waals surface area (Å²) in [5.74, 6) is -0.631. The van der Waals surface area contributed by atoms with Crippen LogP contribution in [0.1, 0.15) is 59.4 Å². The monoisotopic (exact) mass is 418 g/mol. The average Bonchev–Trinajstić information content (AvgIpc) is 3.15. The summed E-state index contributed by atoms with van der Waals surface area (Å²) >= 11 is 0. The van der Waals surface area contributed by atoms with Crippen molar-refractivity contribution in [3.05, 3.63) is 35.9 Å². The fourth-order valence-electron chi connectivity index (χ4n) is 3.36. The summed E-state index contributed by atoms with van der Waals surface area (Å²) in [5, 5.41) is 2.81. The number of carbonyl (C=O) groups is 3. The molecule has 7 heteroatoms. The van der Waals surface area contributed by atoms with Crippen LogP contribution in [0, 0.1) is 5.92 Å². The predicted octanol–water partition coefficient (Wildman–Crippen LogP) is 3.66. The van der Waals surface area contributed by atoms with Gasteiger partial charge in [0.2, 0.25) is 5.91 Å². The standard InChI is InChI=1S/C23H34N2O5/c1-16(2)14-18(21(27)29-15-17-10-7-6-8-11-17)24-20(26)19-12-9-13-25(19)22(28)30-23(3,4)5/h6-8,10-11,16,18-19H,9,12-15H2,1-5H3,(H,24,26). The van der Waals surface area contributed by atoms with Crippen molar-refractivity contribution >= 4 is 18.0 Å². The Labute approximate surface area is 179 Å². The molecule has 1 saturated heterocycles. The SMILES string of the molecule is CC(C)CC(NC(=O)C1CCCN1C(=O)OC(C)(C)C)C(=O)OCc1ccccc1. The molecule has 0 spiro atoms. The van der Waals surface area contributed by atoms with Gasteiger partial charge in [-0.2, -0.15) is 0 Å². The Kier molecular flexibility index (Phi) is 8.26. The number of nitrogens with one attached hydrogen (secondary N) is 1. The fraction of sp³-hybridized carbons (Fsp3) is 0.609. The van der Waals surface area contributed by atoms with Crippen LogP contribution in [0.3, 0.4) is 0 Å². The maximum atomic E-state index is 12.9. The molecule has 1 fully saturated rings. The minimum Gasteiger partial charge on any atom is -0.459 e. The smallest absolute Gasteiger partial charge is 0.410 e. The first-order chi connectivity index (χ1) is 14.1. The van der Waals surface area contributed by atoms with Gasteiger partial charge in [0.25, 0.3) is 0 Å². The first-order valence-electron chi connectivity index (χ1n) is 10.6. The van der Waals surface area contributed by atoms with Crippen molar-refractivity contribution in [2.24, 2.45) is 5.92 Å². The van der Waals surface area contributed by atoms with Crippen molar-refractivity contribution in [3.63, 3.8) is 0 Å². The quantitative estimate of drug-likeness (QED) is 0.683. The molecule has 1 aromatic carbocycles. The number of hydrogen-bond donors (Lipinski definition) is 1. The number of ether oxygens (including phenoxy) is 2. The van der Waals surface area contributed by atoms with Gasteiger partial charge in [-0.3, -0.25) is 9.69 Å². The van der Waals surface area contributed by atoms with Gasteiger partial charge in [-0.1, -0.05) is 44.2 Å². The van der Waals surface area contributed by atoms with Crippen LogP contribution in [0.25, 0.3) is 0 Å². The molecule has 1 aliphatic heterocycles. The number of amides is 2. The van der Waals surface area contributed by atoms with E-state index in [-0.39, 0.29) is 18.4 Å². The van der Waals surface area contributed by atoms with E-state index in [0.29, 0.717) is 25.8 Å². The number of carbonyl (C=O) groups excluding carboxylic acids is 3. The molecule has 166 valence electrons. The number of esters is 1. The summed E-state index contributed by atoms with van der Waals surface area (Å²) in [6.07, 6.45) is 1.20. The van der Waals surface area contributed by atoms with Crippen LogP contribution in [0.15, 0.2) is 30.3 Å². The average molecular weight is 419 g/mol. The Morgan fingerprint density at radius 1 is 1.17 bits per heavy atom. The van der Waals surface area contributed by atoms with E-state index in [0.717, 1.165) is 5.56 Å². The molecule has 1 aliphatic rings. The van der Waals surface area contributed by atoms with Gasteiger partial charge in [-0.25, -0.2) is 9.59 Å². The van der Waals surface area contributed by atoms with Gasteiger partial charge < -0.3 is 14.8 Å². The zero-order valence-corrected chi connectivity index (χ0v) is 18.6. The van der Waals surface area contributed by atoms with Crippen LogP contribution in [0.5, 0.6) is 0 Å². The lowest BCUT2D eigenvalue weighted by Crippen LogP contribution is -2.52. The van der Waals surface area contributed by atoms with Gasteiger partial charge in [0, 0.05) is 6.54 Å². The summed E-state index contributed by atoms with van der Waals surface area (Å²) in [7, 11) is 0. The number of rotatable bonds is 7. The third-order valence-electron chi connectivity index (χ3n) is 4.72. The zero-order chi connectivity index (χ0) is 22.3. The number of likely N-dealkylation sites (tertiary alicyclic amines) is 1. The normalized spacial score (nSPS) is 17.5. The maximum absolute atomic E-state index is 12.9. The van der Waals surface area contributed by atoms with Crippen molar-refractivity contribution in [1.82, 2.24) is 10.2 Å². The number of hydrogen-bond acceptors (Lipinski definition) is 5. The molecule has 0 saturated carbocycles. The summed E-state index contributed by atoms with van der Waals surface area (Å²) in [4.78, 5) is 39.5. The van der Waals surface area contributed by atoms with E-state index < -0.39 is 29.7 Å². The Morgan fingerprint density at radius 2 is 1.83 bits per heavy atom. The van der Waals surface area contributed by atoms with E-state index >= 15 is 0 Å². The molecule has 2 amide bonds. The molecule has 7 nitrogen and oxygen atoms in total. The summed E-state index contributed by atoms with van der Waals surface area (Å²) < 4.78 is 10.9. The second kappa shape index (κ2) is 10.5. The first kappa shape index (κ1) is 23.7. The van der Waals surface area contributed by atoms with Crippen molar-refractivity contribution in [3.8, 4) is 0 Å². The minimum absolute atomic E-state index is 0.150. The lowest BCUT2D eigenvalue weighted by Gasteiger charge is -2.29. The van der Waals surface area contributed by atoms with Gasteiger partial charge in [0.05, 0.1) is 0 Å². The highest BCUT2D eigenvalue weighted by Gasteiger charge is 2.38. The van der Waals surface area contributed by atoms with Gasteiger partial charge in [0.1, 0.15) is 24.3 Å². The van der Waals surface area contributed by atoms with Crippen molar-refractivity contribution < 1.29 is 23.9 Å². The molecule has 1 aromatic rings. The second-order valence-electron chi connectivity index (χ2n) is 9.12. The molecule has 2 unspecified atom stereocenters. The van der Waals surface area contributed by atoms with Crippen LogP contribution in [0.2, 0.25) is 0 Å². The van der Waals surface area contributed by atoms with Crippen molar-refractivity contribution in [2.45, 2.75) is 78.2 Å². The largest absolute Gasteiger partial charge is 0.459 e. The summed E-state index contributed by atoms with van der Waals surface area (Å²) in [5.41, 5.74) is 0.245. The Morgan fingerprint density at radius 3 is 2.43 bits per heavy atom. The minimum atomic E-state index is -0.762. The number of benzene rings is 1. The zero-order valence-electron chi connectivity index (χ0n) is 18.6. The van der Waals surface area contributed by atoms with E-state index in [2.05, 4.69) is 5.32 Å². The number of nitrogens with zero attached hydrogens (tertiary/aromatic N) is 1. The van der Waals surface area contributed by atoms with Gasteiger partial charge in [-0.15, -0.1) is 0 Å². The van der Waals surface area contributed by atoms with Crippen LogP contribution in [0.4, 0.5) is 4.79 Å². The van der Waals surface area contributed by atoms with E-state index in [1.807, 2.05) is 44.2 Å². The van der Waals surface area contributed by atoms with E-state index in [9.17, 15) is 14.4 Å². The third-order valence-corrected chi connectivity index (χ3v) is 4.72. The highest BCUT2D eigenvalue weighted by molar-refractivity contribution is 5.90. The molecule has 2 atom stereocenters. The maximum Gasteiger partial charge on any atom is 0.410 e. The predicted molar refractivity (Wildman–Crippen MR) is 114 cm³/mol. The molecule has 1 N–H and O–H groups in total.